The average Bonchev–Trinajstić information content (AvgIpc) is 2.65. The Morgan fingerprint density at radius 2 is 1.81 bits per heavy atom. The van der Waals surface area contributed by atoms with Crippen molar-refractivity contribution in [3.05, 3.63) is 59.0 Å². The summed E-state index contributed by atoms with van der Waals surface area (Å²) in [6.07, 6.45) is 0. The number of carbonyl (C=O) groups excluding carboxylic acids is 1. The van der Waals surface area contributed by atoms with Gasteiger partial charge in [-0.05, 0) is 23.8 Å². The Balaban J connectivity index is 2.22. The Morgan fingerprint density at radius 1 is 1.08 bits per heavy atom. The maximum atomic E-state index is 12.4. The smallest absolute Gasteiger partial charge is 0.340 e. The van der Waals surface area contributed by atoms with Gasteiger partial charge in [-0.25, -0.2) is 4.79 Å². The van der Waals surface area contributed by atoms with Crippen LogP contribution in [0.2, 0.25) is 0 Å². The van der Waals surface area contributed by atoms with Crippen molar-refractivity contribution >= 4 is 5.97 Å². The molecule has 1 unspecified atom stereocenters. The highest BCUT2D eigenvalue weighted by Gasteiger charge is 2.35. The number of nitrogens with two attached hydrogens (primary N) is 1. The molecule has 3 N–H and O–H groups in total. The van der Waals surface area contributed by atoms with Crippen LogP contribution in [0.5, 0.6) is 23.0 Å². The first kappa shape index (κ1) is 17.5. The minimum Gasteiger partial charge on any atom is -0.508 e. The van der Waals surface area contributed by atoms with Crippen LogP contribution in [0.15, 0.2) is 47.9 Å². The molecule has 7 heteroatoms. The van der Waals surface area contributed by atoms with Crippen molar-refractivity contribution in [2.45, 2.75) is 5.92 Å². The summed E-state index contributed by atoms with van der Waals surface area (Å²) in [6.45, 7) is 0. The Hall–Kier alpha value is -3.35. The van der Waals surface area contributed by atoms with Crippen LogP contribution < -0.4 is 19.9 Å². The van der Waals surface area contributed by atoms with E-state index >= 15 is 0 Å². The standard InChI is InChI=1S/C19H19NO6/c1-23-13-7-4-10(8-15(13)24-2)16-12-6-5-11(21)9-14(12)26-18(20)17(16)19(22)25-3/h4-9,16,21H,20H2,1-3H3. The van der Waals surface area contributed by atoms with E-state index in [1.54, 1.807) is 25.3 Å². The number of aromatic hydroxyl groups is 1. The lowest BCUT2D eigenvalue weighted by Gasteiger charge is -2.28. The molecule has 1 heterocycles. The summed E-state index contributed by atoms with van der Waals surface area (Å²) in [5.41, 5.74) is 7.58. The molecule has 0 fully saturated rings. The van der Waals surface area contributed by atoms with Crippen molar-refractivity contribution in [3.8, 4) is 23.0 Å². The monoisotopic (exact) mass is 357 g/mol. The van der Waals surface area contributed by atoms with Gasteiger partial charge >= 0.3 is 5.97 Å². The number of fused-ring (bicyclic) bond motifs is 1. The lowest BCUT2D eigenvalue weighted by molar-refractivity contribution is -0.136. The molecule has 0 bridgehead atoms. The van der Waals surface area contributed by atoms with Gasteiger partial charge in [-0.2, -0.15) is 0 Å². The van der Waals surface area contributed by atoms with Crippen molar-refractivity contribution in [2.75, 3.05) is 21.3 Å². The van der Waals surface area contributed by atoms with Crippen LogP contribution in [0.3, 0.4) is 0 Å². The van der Waals surface area contributed by atoms with E-state index in [-0.39, 0.29) is 17.2 Å². The quantitative estimate of drug-likeness (QED) is 0.810. The topological polar surface area (TPSA) is 100 Å². The Labute approximate surface area is 150 Å². The number of phenols is 1. The minimum absolute atomic E-state index is 0.0316. The number of phenolic OH excluding ortho intramolecular Hbond substituents is 1. The second-order valence-electron chi connectivity index (χ2n) is 5.64. The zero-order valence-electron chi connectivity index (χ0n) is 14.6. The molecule has 1 aliphatic heterocycles. The van der Waals surface area contributed by atoms with Crippen LogP contribution in [-0.4, -0.2) is 32.4 Å². The normalized spacial score (nSPS) is 15.7. The summed E-state index contributed by atoms with van der Waals surface area (Å²) >= 11 is 0. The van der Waals surface area contributed by atoms with Gasteiger partial charge in [0.25, 0.3) is 0 Å². The van der Waals surface area contributed by atoms with Crippen molar-refractivity contribution in [1.29, 1.82) is 0 Å². The fraction of sp³-hybridized carbons (Fsp3) is 0.211. The van der Waals surface area contributed by atoms with Gasteiger partial charge in [0.2, 0.25) is 5.88 Å². The van der Waals surface area contributed by atoms with Gasteiger partial charge in [0.05, 0.1) is 27.2 Å². The van der Waals surface area contributed by atoms with Crippen LogP contribution >= 0.6 is 0 Å². The highest BCUT2D eigenvalue weighted by atomic mass is 16.5. The predicted molar refractivity (Wildman–Crippen MR) is 93.4 cm³/mol. The van der Waals surface area contributed by atoms with Gasteiger partial charge in [0.15, 0.2) is 11.5 Å². The molecule has 0 aromatic heterocycles. The molecule has 2 aromatic carbocycles. The van der Waals surface area contributed by atoms with Crippen molar-refractivity contribution in [2.24, 2.45) is 5.73 Å². The van der Waals surface area contributed by atoms with E-state index in [0.29, 0.717) is 22.8 Å². The first-order valence-electron chi connectivity index (χ1n) is 7.80. The zero-order valence-corrected chi connectivity index (χ0v) is 14.6. The van der Waals surface area contributed by atoms with E-state index in [9.17, 15) is 9.90 Å². The lowest BCUT2D eigenvalue weighted by Crippen LogP contribution is -2.26. The highest BCUT2D eigenvalue weighted by Crippen LogP contribution is 2.45. The molecule has 136 valence electrons. The molecule has 0 saturated heterocycles. The first-order valence-corrected chi connectivity index (χ1v) is 7.80. The van der Waals surface area contributed by atoms with Gasteiger partial charge in [0, 0.05) is 11.6 Å². The van der Waals surface area contributed by atoms with Crippen LogP contribution in [0.25, 0.3) is 0 Å². The summed E-state index contributed by atoms with van der Waals surface area (Å²) in [7, 11) is 4.35. The van der Waals surface area contributed by atoms with Gasteiger partial charge in [0.1, 0.15) is 17.1 Å². The second kappa shape index (κ2) is 6.87. The molecule has 26 heavy (non-hydrogen) atoms. The van der Waals surface area contributed by atoms with Crippen molar-refractivity contribution < 1.29 is 28.8 Å². The van der Waals surface area contributed by atoms with E-state index in [0.717, 1.165) is 5.56 Å². The summed E-state index contributed by atoms with van der Waals surface area (Å²) in [4.78, 5) is 12.4. The molecule has 0 aliphatic carbocycles. The summed E-state index contributed by atoms with van der Waals surface area (Å²) in [5, 5.41) is 9.74. The molecule has 1 atom stereocenters. The highest BCUT2D eigenvalue weighted by molar-refractivity contribution is 5.92. The van der Waals surface area contributed by atoms with Crippen LogP contribution in [0.1, 0.15) is 17.0 Å². The van der Waals surface area contributed by atoms with E-state index in [1.807, 2.05) is 6.07 Å². The lowest BCUT2D eigenvalue weighted by atomic mass is 9.83. The number of ether oxygens (including phenoxy) is 4. The number of methoxy groups -OCH3 is 3. The van der Waals surface area contributed by atoms with Crippen LogP contribution in [-0.2, 0) is 9.53 Å². The average molecular weight is 357 g/mol. The molecule has 0 radical (unpaired) electrons. The molecular weight excluding hydrogens is 338 g/mol. The fourth-order valence-corrected chi connectivity index (χ4v) is 3.03. The first-order chi connectivity index (χ1) is 12.5. The molecule has 0 amide bonds. The summed E-state index contributed by atoms with van der Waals surface area (Å²) in [5.74, 6) is 0.256. The SMILES string of the molecule is COC(=O)C1=C(N)Oc2cc(O)ccc2C1c1ccc(OC)c(OC)c1. The molecule has 0 saturated carbocycles. The fourth-order valence-electron chi connectivity index (χ4n) is 3.03. The number of benzene rings is 2. The Kier molecular flexibility index (Phi) is 4.62. The van der Waals surface area contributed by atoms with E-state index in [2.05, 4.69) is 0 Å². The minimum atomic E-state index is -0.596. The van der Waals surface area contributed by atoms with Crippen LogP contribution in [0.4, 0.5) is 0 Å². The van der Waals surface area contributed by atoms with Crippen molar-refractivity contribution in [1.82, 2.24) is 0 Å². The molecule has 3 rings (SSSR count). The largest absolute Gasteiger partial charge is 0.508 e. The molecule has 7 nitrogen and oxygen atoms in total. The predicted octanol–water partition coefficient (Wildman–Crippen LogP) is 2.28. The second-order valence-corrected chi connectivity index (χ2v) is 5.64. The number of rotatable bonds is 4. The number of hydrogen-bond donors (Lipinski definition) is 2. The molecular formula is C19H19NO6. The molecule has 1 aliphatic rings. The Morgan fingerprint density at radius 3 is 2.46 bits per heavy atom. The van der Waals surface area contributed by atoms with Gasteiger partial charge in [-0.15, -0.1) is 0 Å². The Bertz CT molecular complexity index is 890. The molecule has 2 aromatic rings. The number of hydrogen-bond acceptors (Lipinski definition) is 7. The van der Waals surface area contributed by atoms with E-state index in [1.165, 1.54) is 26.4 Å². The maximum absolute atomic E-state index is 12.4. The van der Waals surface area contributed by atoms with Gasteiger partial charge in [-0.3, -0.25) is 0 Å². The van der Waals surface area contributed by atoms with Gasteiger partial charge < -0.3 is 29.8 Å². The van der Waals surface area contributed by atoms with E-state index in [4.69, 9.17) is 24.7 Å². The van der Waals surface area contributed by atoms with E-state index < -0.39 is 11.9 Å². The third kappa shape index (κ3) is 2.88. The maximum Gasteiger partial charge on any atom is 0.340 e. The van der Waals surface area contributed by atoms with Crippen LogP contribution in [0, 0.1) is 0 Å². The number of esters is 1. The number of carbonyl (C=O) groups is 1. The molecule has 0 spiro atoms. The summed E-state index contributed by atoms with van der Waals surface area (Å²) in [6, 6.07) is 9.97. The third-order valence-corrected chi connectivity index (χ3v) is 4.23. The van der Waals surface area contributed by atoms with Gasteiger partial charge in [-0.1, -0.05) is 12.1 Å². The summed E-state index contributed by atoms with van der Waals surface area (Å²) < 4.78 is 21.1. The zero-order chi connectivity index (χ0) is 18.8. The third-order valence-electron chi connectivity index (χ3n) is 4.23. The van der Waals surface area contributed by atoms with Crippen molar-refractivity contribution in [3.63, 3.8) is 0 Å².